The van der Waals surface area contributed by atoms with Crippen LogP contribution in [0.1, 0.15) is 31.1 Å². The summed E-state index contributed by atoms with van der Waals surface area (Å²) in [6.45, 7) is 10.1. The van der Waals surface area contributed by atoms with E-state index in [1.165, 1.54) is 28.6 Å². The van der Waals surface area contributed by atoms with Crippen molar-refractivity contribution in [3.8, 4) is 0 Å². The van der Waals surface area contributed by atoms with Gasteiger partial charge in [-0.2, -0.15) is 4.31 Å². The first-order chi connectivity index (χ1) is 15.7. The maximum absolute atomic E-state index is 14.2. The van der Waals surface area contributed by atoms with Crippen molar-refractivity contribution in [1.82, 2.24) is 9.21 Å². The van der Waals surface area contributed by atoms with Gasteiger partial charge in [0, 0.05) is 39.3 Å². The maximum Gasteiger partial charge on any atom is 0.258 e. The Labute approximate surface area is 194 Å². The first kappa shape index (κ1) is 25.1. The largest absolute Gasteiger partial charge is 0.367 e. The molecule has 0 aliphatic carbocycles. The Hall–Kier alpha value is -2.56. The number of nitrogens with one attached hydrogen (secondary N) is 1. The molecule has 180 valence electrons. The second-order valence-corrected chi connectivity index (χ2v) is 9.68. The number of anilines is 2. The Morgan fingerprint density at radius 3 is 2.30 bits per heavy atom. The second-order valence-electron chi connectivity index (χ2n) is 7.75. The lowest BCUT2D eigenvalue weighted by Gasteiger charge is -2.36. The van der Waals surface area contributed by atoms with Crippen LogP contribution in [0.25, 0.3) is 0 Å². The van der Waals surface area contributed by atoms with Crippen molar-refractivity contribution in [2.75, 3.05) is 56.0 Å². The summed E-state index contributed by atoms with van der Waals surface area (Å²) >= 11 is 0. The van der Waals surface area contributed by atoms with Crippen molar-refractivity contribution in [2.24, 2.45) is 0 Å². The number of piperazine rings is 1. The number of rotatable bonds is 8. The Bertz CT molecular complexity index is 1100. The quantitative estimate of drug-likeness (QED) is 0.627. The van der Waals surface area contributed by atoms with Crippen LogP contribution in [0.2, 0.25) is 0 Å². The zero-order valence-electron chi connectivity index (χ0n) is 19.1. The first-order valence-corrected chi connectivity index (χ1v) is 12.5. The summed E-state index contributed by atoms with van der Waals surface area (Å²) in [6.07, 6.45) is 0. The molecular weight excluding hydrogens is 450 g/mol. The highest BCUT2D eigenvalue weighted by Crippen LogP contribution is 2.31. The van der Waals surface area contributed by atoms with E-state index in [9.17, 15) is 22.0 Å². The summed E-state index contributed by atoms with van der Waals surface area (Å²) < 4.78 is 55.3. The highest BCUT2D eigenvalue weighted by molar-refractivity contribution is 7.89. The molecule has 0 bridgehead atoms. The molecule has 0 atom stereocenters. The van der Waals surface area contributed by atoms with Crippen molar-refractivity contribution >= 4 is 27.3 Å². The molecule has 1 amide bonds. The van der Waals surface area contributed by atoms with Crippen LogP contribution in [0.3, 0.4) is 0 Å². The van der Waals surface area contributed by atoms with Gasteiger partial charge in [-0.1, -0.05) is 26.8 Å². The van der Waals surface area contributed by atoms with E-state index in [2.05, 4.69) is 22.0 Å². The fourth-order valence-corrected chi connectivity index (χ4v) is 5.42. The van der Waals surface area contributed by atoms with Crippen LogP contribution >= 0.6 is 0 Å². The Balaban J connectivity index is 2.01. The minimum Gasteiger partial charge on any atom is -0.367 e. The van der Waals surface area contributed by atoms with E-state index < -0.39 is 33.1 Å². The lowest BCUT2D eigenvalue weighted by molar-refractivity contribution is 0.102. The van der Waals surface area contributed by atoms with E-state index in [-0.39, 0.29) is 10.6 Å². The number of likely N-dealkylation sites (N-methyl/N-ethyl adjacent to an activating group) is 1. The van der Waals surface area contributed by atoms with Gasteiger partial charge < -0.3 is 15.1 Å². The lowest BCUT2D eigenvalue weighted by atomic mass is 10.1. The molecule has 33 heavy (non-hydrogen) atoms. The summed E-state index contributed by atoms with van der Waals surface area (Å²) in [4.78, 5) is 17.2. The number of hydrogen-bond donors (Lipinski definition) is 1. The van der Waals surface area contributed by atoms with Crippen molar-refractivity contribution in [3.05, 3.63) is 53.6 Å². The van der Waals surface area contributed by atoms with Gasteiger partial charge in [-0.25, -0.2) is 17.2 Å². The molecule has 3 rings (SSSR count). The minimum atomic E-state index is -3.78. The van der Waals surface area contributed by atoms with E-state index in [4.69, 9.17) is 0 Å². The van der Waals surface area contributed by atoms with E-state index in [1.807, 2.05) is 0 Å². The maximum atomic E-state index is 14.2. The Kier molecular flexibility index (Phi) is 8.04. The number of carbonyl (C=O) groups is 1. The van der Waals surface area contributed by atoms with Crippen LogP contribution < -0.4 is 10.2 Å². The zero-order valence-corrected chi connectivity index (χ0v) is 20.0. The van der Waals surface area contributed by atoms with Gasteiger partial charge in [0.1, 0.15) is 0 Å². The molecule has 1 saturated heterocycles. The fraction of sp³-hybridized carbons (Fsp3) is 0.435. The highest BCUT2D eigenvalue weighted by atomic mass is 32.2. The van der Waals surface area contributed by atoms with Crippen LogP contribution in [-0.4, -0.2) is 69.3 Å². The van der Waals surface area contributed by atoms with Gasteiger partial charge in [0.2, 0.25) is 10.0 Å². The van der Waals surface area contributed by atoms with Gasteiger partial charge in [0.15, 0.2) is 11.6 Å². The summed E-state index contributed by atoms with van der Waals surface area (Å²) in [6, 6.07) is 7.94. The number of hydrogen-bond acceptors (Lipinski definition) is 5. The SMILES string of the molecule is CCN1CCN(c2ccc(S(=O)(=O)N(CC)CC)cc2NC(=O)c2cccc(F)c2F)CC1. The normalized spacial score (nSPS) is 15.2. The number of carbonyl (C=O) groups excluding carboxylic acids is 1. The van der Waals surface area contributed by atoms with E-state index >= 15 is 0 Å². The molecule has 0 saturated carbocycles. The molecule has 1 aliphatic heterocycles. The predicted octanol–water partition coefficient (Wildman–Crippen LogP) is 3.39. The van der Waals surface area contributed by atoms with Gasteiger partial charge in [-0.3, -0.25) is 4.79 Å². The topological polar surface area (TPSA) is 73.0 Å². The third kappa shape index (κ3) is 5.34. The van der Waals surface area contributed by atoms with Gasteiger partial charge >= 0.3 is 0 Å². The second kappa shape index (κ2) is 10.6. The van der Waals surface area contributed by atoms with Gasteiger partial charge in [0.05, 0.1) is 21.8 Å². The van der Waals surface area contributed by atoms with Crippen LogP contribution in [-0.2, 0) is 10.0 Å². The number of sulfonamides is 1. The molecule has 1 fully saturated rings. The van der Waals surface area contributed by atoms with E-state index in [1.54, 1.807) is 19.9 Å². The van der Waals surface area contributed by atoms with Crippen molar-refractivity contribution in [1.29, 1.82) is 0 Å². The molecule has 2 aromatic carbocycles. The fourth-order valence-electron chi connectivity index (χ4n) is 3.94. The third-order valence-corrected chi connectivity index (χ3v) is 7.96. The lowest BCUT2D eigenvalue weighted by Crippen LogP contribution is -2.46. The molecule has 0 aromatic heterocycles. The van der Waals surface area contributed by atoms with Crippen LogP contribution in [0, 0.1) is 11.6 Å². The molecule has 0 spiro atoms. The van der Waals surface area contributed by atoms with Gasteiger partial charge in [-0.05, 0) is 36.9 Å². The van der Waals surface area contributed by atoms with Crippen LogP contribution in [0.5, 0.6) is 0 Å². The number of benzene rings is 2. The number of nitrogens with zero attached hydrogens (tertiary/aromatic N) is 3. The smallest absolute Gasteiger partial charge is 0.258 e. The molecule has 7 nitrogen and oxygen atoms in total. The van der Waals surface area contributed by atoms with Crippen molar-refractivity contribution in [3.63, 3.8) is 0 Å². The summed E-state index contributed by atoms with van der Waals surface area (Å²) in [5, 5.41) is 2.62. The minimum absolute atomic E-state index is 0.0251. The molecule has 2 aromatic rings. The summed E-state index contributed by atoms with van der Waals surface area (Å²) in [5.74, 6) is -3.23. The predicted molar refractivity (Wildman–Crippen MR) is 125 cm³/mol. The van der Waals surface area contributed by atoms with E-state index in [0.29, 0.717) is 31.9 Å². The number of halogens is 2. The average molecular weight is 481 g/mol. The molecule has 0 radical (unpaired) electrons. The molecule has 0 unspecified atom stereocenters. The van der Waals surface area contributed by atoms with E-state index in [0.717, 1.165) is 25.7 Å². The zero-order chi connectivity index (χ0) is 24.2. The van der Waals surface area contributed by atoms with Crippen molar-refractivity contribution in [2.45, 2.75) is 25.7 Å². The molecule has 10 heteroatoms. The summed E-state index contributed by atoms with van der Waals surface area (Å²) in [7, 11) is -3.78. The number of amides is 1. The average Bonchev–Trinajstić information content (AvgIpc) is 2.81. The van der Waals surface area contributed by atoms with Gasteiger partial charge in [0.25, 0.3) is 5.91 Å². The van der Waals surface area contributed by atoms with Crippen molar-refractivity contribution < 1.29 is 22.0 Å². The molecule has 1 heterocycles. The van der Waals surface area contributed by atoms with Crippen LogP contribution in [0.4, 0.5) is 20.2 Å². The monoisotopic (exact) mass is 480 g/mol. The molecular formula is C23H30F2N4O3S. The first-order valence-electron chi connectivity index (χ1n) is 11.1. The summed E-state index contributed by atoms with van der Waals surface area (Å²) in [5.41, 5.74) is 0.421. The molecule has 1 aliphatic rings. The Morgan fingerprint density at radius 1 is 1.03 bits per heavy atom. The van der Waals surface area contributed by atoms with Crippen LogP contribution in [0.15, 0.2) is 41.3 Å². The van der Waals surface area contributed by atoms with Gasteiger partial charge in [-0.15, -0.1) is 0 Å². The standard InChI is InChI=1S/C23H30F2N4O3S/c1-4-27-12-14-28(15-13-27)21-11-10-17(33(31,32)29(5-2)6-3)16-20(21)26-23(30)18-8-7-9-19(24)22(18)25/h7-11,16H,4-6,12-15H2,1-3H3,(H,26,30). The highest BCUT2D eigenvalue weighted by Gasteiger charge is 2.26. The Morgan fingerprint density at radius 2 is 1.70 bits per heavy atom. The molecule has 1 N–H and O–H groups in total. The third-order valence-electron chi connectivity index (χ3n) is 5.92.